The van der Waals surface area contributed by atoms with Crippen LogP contribution in [0, 0.1) is 0 Å². The van der Waals surface area contributed by atoms with Gasteiger partial charge in [-0.2, -0.15) is 0 Å². The Balaban J connectivity index is 3.83. The van der Waals surface area contributed by atoms with Crippen LogP contribution < -0.4 is 5.32 Å². The fourth-order valence-electron chi connectivity index (χ4n) is 0.294. The summed E-state index contributed by atoms with van der Waals surface area (Å²) in [5.74, 6) is -0.299. The maximum absolute atomic E-state index is 12.2. The number of hydrogen-bond donors (Lipinski definition) is 1. The molecule has 0 bridgehead atoms. The molecule has 0 aromatic rings. The summed E-state index contributed by atoms with van der Waals surface area (Å²) < 4.78 is 12.2. The SMILES string of the molecule is C=C(NC)/C(F)=C\C. The summed E-state index contributed by atoms with van der Waals surface area (Å²) in [6.07, 6.45) is 1.36. The zero-order chi connectivity index (χ0) is 6.57. The second-order valence-corrected chi connectivity index (χ2v) is 1.37. The first kappa shape index (κ1) is 7.21. The van der Waals surface area contributed by atoms with Gasteiger partial charge in [0.15, 0.2) is 0 Å². The molecule has 0 fully saturated rings. The van der Waals surface area contributed by atoms with E-state index in [0.717, 1.165) is 0 Å². The third-order valence-corrected chi connectivity index (χ3v) is 0.844. The molecule has 0 aliphatic rings. The summed E-state index contributed by atoms with van der Waals surface area (Å²) >= 11 is 0. The van der Waals surface area contributed by atoms with E-state index in [1.807, 2.05) is 0 Å². The normalized spacial score (nSPS) is 11.1. The molecule has 0 saturated heterocycles. The second kappa shape index (κ2) is 3.24. The molecule has 0 saturated carbocycles. The molecule has 1 nitrogen and oxygen atoms in total. The highest BCUT2D eigenvalue weighted by Gasteiger charge is 1.92. The largest absolute Gasteiger partial charge is 0.386 e. The van der Waals surface area contributed by atoms with Gasteiger partial charge in [0, 0.05) is 7.05 Å². The van der Waals surface area contributed by atoms with Gasteiger partial charge in [0.2, 0.25) is 0 Å². The highest BCUT2D eigenvalue weighted by Crippen LogP contribution is 2.02. The van der Waals surface area contributed by atoms with Crippen LogP contribution in [-0.4, -0.2) is 7.05 Å². The molecule has 1 N–H and O–H groups in total. The van der Waals surface area contributed by atoms with E-state index in [2.05, 4.69) is 11.9 Å². The predicted molar refractivity (Wildman–Crippen MR) is 33.1 cm³/mol. The van der Waals surface area contributed by atoms with Crippen molar-refractivity contribution in [3.05, 3.63) is 24.2 Å². The van der Waals surface area contributed by atoms with Gasteiger partial charge in [0.05, 0.1) is 5.70 Å². The molecule has 46 valence electrons. The Labute approximate surface area is 48.9 Å². The van der Waals surface area contributed by atoms with Crippen LogP contribution in [0.15, 0.2) is 24.2 Å². The summed E-state index contributed by atoms with van der Waals surface area (Å²) in [4.78, 5) is 0. The smallest absolute Gasteiger partial charge is 0.141 e. The zero-order valence-electron chi connectivity index (χ0n) is 5.16. The standard InChI is InChI=1S/C6H10FN/c1-4-6(7)5(2)8-3/h4,8H,2H2,1,3H3/b6-4+. The lowest BCUT2D eigenvalue weighted by Gasteiger charge is -1.97. The van der Waals surface area contributed by atoms with Crippen molar-refractivity contribution in [3.63, 3.8) is 0 Å². The van der Waals surface area contributed by atoms with Gasteiger partial charge < -0.3 is 5.32 Å². The van der Waals surface area contributed by atoms with Crippen molar-refractivity contribution in [2.24, 2.45) is 0 Å². The highest BCUT2D eigenvalue weighted by molar-refractivity contribution is 5.18. The number of nitrogens with one attached hydrogen (secondary N) is 1. The van der Waals surface area contributed by atoms with E-state index < -0.39 is 0 Å². The number of rotatable bonds is 2. The molecule has 0 aliphatic heterocycles. The van der Waals surface area contributed by atoms with E-state index in [1.165, 1.54) is 6.08 Å². The molecule has 0 radical (unpaired) electrons. The van der Waals surface area contributed by atoms with Crippen molar-refractivity contribution in [2.75, 3.05) is 7.05 Å². The van der Waals surface area contributed by atoms with Gasteiger partial charge in [0.1, 0.15) is 5.83 Å². The van der Waals surface area contributed by atoms with Crippen molar-refractivity contribution in [1.29, 1.82) is 0 Å². The Morgan fingerprint density at radius 2 is 2.25 bits per heavy atom. The van der Waals surface area contributed by atoms with E-state index in [0.29, 0.717) is 5.70 Å². The predicted octanol–water partition coefficient (Wildman–Crippen LogP) is 1.59. The molecule has 0 rings (SSSR count). The lowest BCUT2D eigenvalue weighted by atomic mass is 10.4. The maximum atomic E-state index is 12.2. The molecule has 0 heterocycles. The summed E-state index contributed by atoms with van der Waals surface area (Å²) in [5.41, 5.74) is 0.326. The first-order chi connectivity index (χ1) is 3.72. The summed E-state index contributed by atoms with van der Waals surface area (Å²) in [7, 11) is 1.63. The van der Waals surface area contributed by atoms with Gasteiger partial charge in [-0.1, -0.05) is 6.58 Å². The van der Waals surface area contributed by atoms with E-state index in [4.69, 9.17) is 0 Å². The molecule has 0 amide bonds. The van der Waals surface area contributed by atoms with E-state index in [-0.39, 0.29) is 5.83 Å². The number of likely N-dealkylation sites (N-methyl/N-ethyl adjacent to an activating group) is 1. The molecule has 0 spiro atoms. The molecule has 8 heavy (non-hydrogen) atoms. The Morgan fingerprint density at radius 3 is 2.38 bits per heavy atom. The van der Waals surface area contributed by atoms with Crippen LogP contribution in [0.2, 0.25) is 0 Å². The van der Waals surface area contributed by atoms with Crippen molar-refractivity contribution < 1.29 is 4.39 Å². The van der Waals surface area contributed by atoms with Crippen LogP contribution in [0.25, 0.3) is 0 Å². The van der Waals surface area contributed by atoms with Gasteiger partial charge in [-0.15, -0.1) is 0 Å². The van der Waals surface area contributed by atoms with E-state index in [1.54, 1.807) is 14.0 Å². The monoisotopic (exact) mass is 115 g/mol. The number of allylic oxidation sites excluding steroid dienone is 2. The lowest BCUT2D eigenvalue weighted by Crippen LogP contribution is -2.03. The fraction of sp³-hybridized carbons (Fsp3) is 0.333. The van der Waals surface area contributed by atoms with Crippen LogP contribution in [0.5, 0.6) is 0 Å². The van der Waals surface area contributed by atoms with E-state index in [9.17, 15) is 4.39 Å². The minimum Gasteiger partial charge on any atom is -0.386 e. The van der Waals surface area contributed by atoms with Crippen molar-refractivity contribution in [3.8, 4) is 0 Å². The van der Waals surface area contributed by atoms with Crippen LogP contribution in [0.4, 0.5) is 4.39 Å². The van der Waals surface area contributed by atoms with Crippen LogP contribution in [0.1, 0.15) is 6.92 Å². The first-order valence-corrected chi connectivity index (χ1v) is 2.41. The molecule has 0 atom stereocenters. The number of halogens is 1. The van der Waals surface area contributed by atoms with E-state index >= 15 is 0 Å². The Morgan fingerprint density at radius 1 is 1.75 bits per heavy atom. The molecule has 2 heteroatoms. The second-order valence-electron chi connectivity index (χ2n) is 1.37. The highest BCUT2D eigenvalue weighted by atomic mass is 19.1. The van der Waals surface area contributed by atoms with Gasteiger partial charge in [-0.05, 0) is 13.0 Å². The third kappa shape index (κ3) is 1.78. The minimum atomic E-state index is -0.299. The first-order valence-electron chi connectivity index (χ1n) is 2.41. The molecular formula is C6H10FN. The molecule has 0 aromatic carbocycles. The quantitative estimate of drug-likeness (QED) is 0.539. The van der Waals surface area contributed by atoms with Crippen molar-refractivity contribution in [1.82, 2.24) is 5.32 Å². The molecular weight excluding hydrogens is 105 g/mol. The van der Waals surface area contributed by atoms with Crippen LogP contribution in [0.3, 0.4) is 0 Å². The third-order valence-electron chi connectivity index (χ3n) is 0.844. The van der Waals surface area contributed by atoms with Gasteiger partial charge >= 0.3 is 0 Å². The van der Waals surface area contributed by atoms with Gasteiger partial charge in [-0.3, -0.25) is 0 Å². The minimum absolute atomic E-state index is 0.299. The van der Waals surface area contributed by atoms with Gasteiger partial charge in [-0.25, -0.2) is 4.39 Å². The Hall–Kier alpha value is -0.790. The van der Waals surface area contributed by atoms with Gasteiger partial charge in [0.25, 0.3) is 0 Å². The topological polar surface area (TPSA) is 12.0 Å². The van der Waals surface area contributed by atoms with Crippen molar-refractivity contribution in [2.45, 2.75) is 6.92 Å². The Bertz CT molecular complexity index is 116. The average Bonchev–Trinajstić information content (AvgIpc) is 1.84. The zero-order valence-corrected chi connectivity index (χ0v) is 5.16. The maximum Gasteiger partial charge on any atom is 0.141 e. The lowest BCUT2D eigenvalue weighted by molar-refractivity contribution is 0.633. The summed E-state index contributed by atoms with van der Waals surface area (Å²) in [6.45, 7) is 5.01. The summed E-state index contributed by atoms with van der Waals surface area (Å²) in [5, 5.41) is 2.58. The summed E-state index contributed by atoms with van der Waals surface area (Å²) in [6, 6.07) is 0. The number of hydrogen-bond acceptors (Lipinski definition) is 1. The van der Waals surface area contributed by atoms with Crippen LogP contribution in [-0.2, 0) is 0 Å². The Kier molecular flexibility index (Phi) is 2.92. The molecule has 0 aromatic heterocycles. The fourth-order valence-corrected chi connectivity index (χ4v) is 0.294. The molecule has 0 unspecified atom stereocenters. The molecule has 0 aliphatic carbocycles. The average molecular weight is 115 g/mol. The van der Waals surface area contributed by atoms with Crippen molar-refractivity contribution >= 4 is 0 Å². The van der Waals surface area contributed by atoms with Crippen LogP contribution >= 0.6 is 0 Å².